The van der Waals surface area contributed by atoms with Crippen molar-refractivity contribution in [3.63, 3.8) is 0 Å². The zero-order valence-corrected chi connectivity index (χ0v) is 24.8. The second-order valence-corrected chi connectivity index (χ2v) is 11.7. The molecule has 10 nitrogen and oxygen atoms in total. The average molecular weight is 569 g/mol. The molecule has 10 heteroatoms. The minimum atomic E-state index is -0.264. The highest BCUT2D eigenvalue weighted by Crippen LogP contribution is 2.51. The molecule has 220 valence electrons. The molecule has 1 atom stereocenters. The van der Waals surface area contributed by atoms with Gasteiger partial charge in [-0.2, -0.15) is 5.26 Å². The third kappa shape index (κ3) is 5.12. The fraction of sp³-hybridized carbons (Fsp3) is 0.500. The first kappa shape index (κ1) is 28.2. The number of hydrogen-bond acceptors (Lipinski definition) is 8. The van der Waals surface area contributed by atoms with E-state index >= 15 is 0 Å². The molecule has 4 heterocycles. The van der Waals surface area contributed by atoms with E-state index in [1.807, 2.05) is 38.1 Å². The zero-order chi connectivity index (χ0) is 29.3. The average Bonchev–Trinajstić information content (AvgIpc) is 3.44. The summed E-state index contributed by atoms with van der Waals surface area (Å²) in [5, 5.41) is 16.2. The third-order valence-electron chi connectivity index (χ3n) is 9.18. The molecule has 2 aromatic heterocycles. The van der Waals surface area contributed by atoms with Crippen LogP contribution in [0.15, 0.2) is 36.8 Å². The molecular weight excluding hydrogens is 528 g/mol. The van der Waals surface area contributed by atoms with E-state index in [9.17, 15) is 10.1 Å². The van der Waals surface area contributed by atoms with Gasteiger partial charge in [0.25, 0.3) is 5.91 Å². The number of nitrogens with one attached hydrogen (secondary N) is 2. The maximum Gasteiger partial charge on any atom is 0.254 e. The van der Waals surface area contributed by atoms with Gasteiger partial charge in [0.2, 0.25) is 5.95 Å². The Bertz CT molecular complexity index is 1500. The predicted octanol–water partition coefficient (Wildman–Crippen LogP) is 3.68. The van der Waals surface area contributed by atoms with Gasteiger partial charge in [0.1, 0.15) is 17.4 Å². The van der Waals surface area contributed by atoms with E-state index in [-0.39, 0.29) is 17.4 Å². The Morgan fingerprint density at radius 2 is 2.00 bits per heavy atom. The minimum absolute atomic E-state index is 0.0435. The summed E-state index contributed by atoms with van der Waals surface area (Å²) in [6, 6.07) is 8.18. The lowest BCUT2D eigenvalue weighted by atomic mass is 9.60. The van der Waals surface area contributed by atoms with Gasteiger partial charge in [-0.25, -0.2) is 4.98 Å². The Balaban J connectivity index is 1.42. The molecule has 1 saturated heterocycles. The van der Waals surface area contributed by atoms with Crippen LogP contribution in [-0.4, -0.2) is 76.6 Å². The summed E-state index contributed by atoms with van der Waals surface area (Å²) in [4.78, 5) is 28.0. The predicted molar refractivity (Wildman–Crippen MR) is 161 cm³/mol. The first-order valence-corrected chi connectivity index (χ1v) is 15.1. The van der Waals surface area contributed by atoms with Gasteiger partial charge in [0.15, 0.2) is 0 Å². The van der Waals surface area contributed by atoms with Crippen LogP contribution in [0, 0.1) is 11.3 Å². The maximum atomic E-state index is 14.5. The molecule has 3 aromatic rings. The van der Waals surface area contributed by atoms with Crippen LogP contribution in [0.25, 0.3) is 0 Å². The Hall–Kier alpha value is -3.94. The van der Waals surface area contributed by atoms with Crippen LogP contribution in [0.2, 0.25) is 0 Å². The SMILES string of the molecule is CCOc1cc(C(C)N2CC3(CCC3)c3c(CN4CCNCC4)cc(Cn4ccnc4NC)cc3C2=O)ncc1C#N. The first-order valence-electron chi connectivity index (χ1n) is 15.1. The van der Waals surface area contributed by atoms with E-state index in [4.69, 9.17) is 4.74 Å². The summed E-state index contributed by atoms with van der Waals surface area (Å²) in [7, 11) is 1.87. The Labute approximate surface area is 247 Å². The smallest absolute Gasteiger partial charge is 0.254 e. The van der Waals surface area contributed by atoms with Crippen molar-refractivity contribution in [2.24, 2.45) is 0 Å². The molecule has 1 aromatic carbocycles. The van der Waals surface area contributed by atoms with E-state index in [0.717, 1.165) is 74.8 Å². The number of pyridine rings is 1. The molecule has 6 rings (SSSR count). The molecule has 1 spiro atoms. The van der Waals surface area contributed by atoms with Crippen LogP contribution in [-0.2, 0) is 18.5 Å². The maximum absolute atomic E-state index is 14.5. The normalized spacial score (nSPS) is 18.7. The first-order chi connectivity index (χ1) is 20.5. The van der Waals surface area contributed by atoms with Crippen molar-refractivity contribution in [1.82, 2.24) is 29.7 Å². The minimum Gasteiger partial charge on any atom is -0.492 e. The number of aromatic nitrogens is 3. The summed E-state index contributed by atoms with van der Waals surface area (Å²) >= 11 is 0. The van der Waals surface area contributed by atoms with Crippen molar-refractivity contribution in [2.45, 2.75) is 57.7 Å². The van der Waals surface area contributed by atoms with Gasteiger partial charge in [-0.1, -0.05) is 12.5 Å². The number of nitrogens with zero attached hydrogens (tertiary/aromatic N) is 6. The number of amides is 1. The van der Waals surface area contributed by atoms with Crippen LogP contribution in [0.1, 0.15) is 77.5 Å². The van der Waals surface area contributed by atoms with Crippen LogP contribution in [0.3, 0.4) is 0 Å². The standard InChI is InChI=1S/C32H40N8O2/c1-4-42-28-16-27(37-18-25(28)17-33)22(2)40-21-32(6-5-7-32)29-24(20-38-11-8-35-9-12-38)14-23(15-26(29)30(40)41)19-39-13-10-36-31(39)34-3/h10,13-16,18,22,35H,4-9,11-12,19-21H2,1-3H3,(H,34,36). The van der Waals surface area contributed by atoms with Crippen LogP contribution < -0.4 is 15.4 Å². The van der Waals surface area contributed by atoms with Gasteiger partial charge in [-0.3, -0.25) is 14.7 Å². The number of piperazine rings is 1. The number of imidazole rings is 1. The van der Waals surface area contributed by atoms with Gasteiger partial charge < -0.3 is 24.8 Å². The molecule has 3 aliphatic rings. The fourth-order valence-corrected chi connectivity index (χ4v) is 6.91. The molecule has 2 fully saturated rings. The summed E-state index contributed by atoms with van der Waals surface area (Å²) < 4.78 is 7.83. The molecule has 0 radical (unpaired) electrons. The lowest BCUT2D eigenvalue weighted by Crippen LogP contribution is -2.54. The largest absolute Gasteiger partial charge is 0.492 e. The van der Waals surface area contributed by atoms with Gasteiger partial charge in [-0.05, 0) is 49.4 Å². The van der Waals surface area contributed by atoms with Crippen molar-refractivity contribution < 1.29 is 9.53 Å². The quantitative estimate of drug-likeness (QED) is 0.402. The number of rotatable bonds is 9. The Kier molecular flexibility index (Phi) is 7.88. The number of carbonyl (C=O) groups is 1. The van der Waals surface area contributed by atoms with E-state index in [2.05, 4.69) is 48.3 Å². The summed E-state index contributed by atoms with van der Waals surface area (Å²) in [5.74, 6) is 1.36. The number of nitriles is 1. The van der Waals surface area contributed by atoms with E-state index in [1.165, 1.54) is 11.1 Å². The van der Waals surface area contributed by atoms with Crippen molar-refractivity contribution in [3.05, 3.63) is 70.3 Å². The van der Waals surface area contributed by atoms with Gasteiger partial charge in [-0.15, -0.1) is 0 Å². The van der Waals surface area contributed by atoms with Crippen molar-refractivity contribution in [2.75, 3.05) is 51.7 Å². The summed E-state index contributed by atoms with van der Waals surface area (Å²) in [6.45, 7) is 10.5. The van der Waals surface area contributed by atoms with E-state index in [1.54, 1.807) is 12.4 Å². The van der Waals surface area contributed by atoms with Crippen molar-refractivity contribution in [1.29, 1.82) is 5.26 Å². The van der Waals surface area contributed by atoms with Crippen molar-refractivity contribution >= 4 is 11.9 Å². The number of ether oxygens (including phenoxy) is 1. The second kappa shape index (κ2) is 11.7. The zero-order valence-electron chi connectivity index (χ0n) is 24.8. The monoisotopic (exact) mass is 568 g/mol. The molecule has 2 N–H and O–H groups in total. The van der Waals surface area contributed by atoms with Gasteiger partial charge in [0, 0.05) is 82.0 Å². The highest BCUT2D eigenvalue weighted by Gasteiger charge is 2.49. The Morgan fingerprint density at radius 1 is 1.19 bits per heavy atom. The van der Waals surface area contributed by atoms with Crippen LogP contribution >= 0.6 is 0 Å². The van der Waals surface area contributed by atoms with E-state index < -0.39 is 0 Å². The Morgan fingerprint density at radius 3 is 2.69 bits per heavy atom. The highest BCUT2D eigenvalue weighted by molar-refractivity contribution is 5.98. The third-order valence-corrected chi connectivity index (χ3v) is 9.18. The number of fused-ring (bicyclic) bond motifs is 2. The van der Waals surface area contributed by atoms with Crippen molar-refractivity contribution in [3.8, 4) is 11.8 Å². The summed E-state index contributed by atoms with van der Waals surface area (Å²) in [5.41, 5.74) is 5.54. The number of hydrogen-bond donors (Lipinski definition) is 2. The van der Waals surface area contributed by atoms with Crippen LogP contribution in [0.4, 0.5) is 5.95 Å². The molecule has 0 bridgehead atoms. The molecule has 2 aliphatic heterocycles. The molecule has 1 aliphatic carbocycles. The molecule has 1 unspecified atom stereocenters. The highest BCUT2D eigenvalue weighted by atomic mass is 16.5. The molecular formula is C32H40N8O2. The fourth-order valence-electron chi connectivity index (χ4n) is 6.91. The second-order valence-electron chi connectivity index (χ2n) is 11.7. The molecule has 42 heavy (non-hydrogen) atoms. The lowest BCUT2D eigenvalue weighted by Gasteiger charge is -2.52. The summed E-state index contributed by atoms with van der Waals surface area (Å²) in [6.07, 6.45) is 8.63. The van der Waals surface area contributed by atoms with E-state index in [0.29, 0.717) is 31.0 Å². The number of carbonyl (C=O) groups excluding carboxylic acids is 1. The molecule has 1 saturated carbocycles. The lowest BCUT2D eigenvalue weighted by molar-refractivity contribution is 0.0481. The van der Waals surface area contributed by atoms with Crippen LogP contribution in [0.5, 0.6) is 5.75 Å². The number of anilines is 1. The topological polar surface area (TPSA) is 111 Å². The van der Waals surface area contributed by atoms with Gasteiger partial charge >= 0.3 is 0 Å². The number of benzene rings is 1. The molecule has 1 amide bonds. The van der Waals surface area contributed by atoms with Gasteiger partial charge in [0.05, 0.1) is 24.9 Å².